The lowest BCUT2D eigenvalue weighted by molar-refractivity contribution is -0.116. The van der Waals surface area contributed by atoms with Crippen LogP contribution in [0.25, 0.3) is 0 Å². The van der Waals surface area contributed by atoms with Crippen LogP contribution < -0.4 is 4.90 Å². The van der Waals surface area contributed by atoms with Gasteiger partial charge in [-0.1, -0.05) is 0 Å². The van der Waals surface area contributed by atoms with Gasteiger partial charge >= 0.3 is 0 Å². The summed E-state index contributed by atoms with van der Waals surface area (Å²) in [4.78, 5) is 19.9. The molecule has 1 saturated heterocycles. The third kappa shape index (κ3) is 4.15. The fraction of sp³-hybridized carbons (Fsp3) is 0.533. The van der Waals surface area contributed by atoms with Gasteiger partial charge in [0, 0.05) is 51.4 Å². The Hall–Kier alpha value is -1.77. The fourth-order valence-corrected chi connectivity index (χ4v) is 3.36. The maximum atomic E-state index is 11.4. The van der Waals surface area contributed by atoms with Gasteiger partial charge < -0.3 is 4.74 Å². The lowest BCUT2D eigenvalue weighted by atomic mass is 10.2. The number of hydrogen-bond acceptors (Lipinski definition) is 6. The molecule has 124 valence electrons. The van der Waals surface area contributed by atoms with Crippen molar-refractivity contribution in [2.45, 2.75) is 26.1 Å². The molecule has 2 aromatic rings. The molecular weight excluding hydrogens is 314 g/mol. The number of thiazole rings is 1. The summed E-state index contributed by atoms with van der Waals surface area (Å²) >= 11 is 1.50. The molecule has 0 radical (unpaired) electrons. The lowest BCUT2D eigenvalue weighted by Gasteiger charge is -2.32. The van der Waals surface area contributed by atoms with E-state index in [1.165, 1.54) is 11.3 Å². The fourth-order valence-electron chi connectivity index (χ4n) is 2.54. The molecule has 1 amide bonds. The third-order valence-electron chi connectivity index (χ3n) is 3.86. The summed E-state index contributed by atoms with van der Waals surface area (Å²) in [5.41, 5.74) is 0.998. The van der Waals surface area contributed by atoms with Gasteiger partial charge in [0.15, 0.2) is 5.13 Å². The Bertz CT molecular complexity index is 642. The van der Waals surface area contributed by atoms with Gasteiger partial charge in [0.05, 0.1) is 24.9 Å². The summed E-state index contributed by atoms with van der Waals surface area (Å²) in [7, 11) is 1.75. The largest absolute Gasteiger partial charge is 0.374 e. The first-order chi connectivity index (χ1) is 11.1. The van der Waals surface area contributed by atoms with E-state index < -0.39 is 0 Å². The number of aromatic nitrogens is 3. The van der Waals surface area contributed by atoms with Crippen molar-refractivity contribution in [2.24, 2.45) is 0 Å². The Morgan fingerprint density at radius 2 is 2.43 bits per heavy atom. The Labute approximate surface area is 139 Å². The number of ether oxygens (including phenoxy) is 1. The Morgan fingerprint density at radius 3 is 3.17 bits per heavy atom. The first-order valence-corrected chi connectivity index (χ1v) is 8.50. The Balaban J connectivity index is 1.56. The molecule has 0 saturated carbocycles. The van der Waals surface area contributed by atoms with Crippen molar-refractivity contribution in [3.63, 3.8) is 0 Å². The smallest absolute Gasteiger partial charge is 0.225 e. The Kier molecular flexibility index (Phi) is 5.04. The predicted molar refractivity (Wildman–Crippen MR) is 88.4 cm³/mol. The standard InChI is InChI=1S/C15H21N5O2S/c1-12(21)18(2)15-17-13(11-23-15)8-19-6-7-22-14(9-19)10-20-5-3-4-16-20/h3-5,11,14H,6-10H2,1-2H3/t14-/m0/s1. The third-order valence-corrected chi connectivity index (χ3v) is 4.82. The van der Waals surface area contributed by atoms with E-state index in [1.807, 2.05) is 22.3 Å². The van der Waals surface area contributed by atoms with Gasteiger partial charge in [-0.15, -0.1) is 11.3 Å². The minimum absolute atomic E-state index is 0.00319. The molecule has 23 heavy (non-hydrogen) atoms. The maximum Gasteiger partial charge on any atom is 0.225 e. The molecule has 8 heteroatoms. The van der Waals surface area contributed by atoms with Gasteiger partial charge in [-0.2, -0.15) is 5.10 Å². The van der Waals surface area contributed by atoms with Gasteiger partial charge in [0.1, 0.15) is 0 Å². The summed E-state index contributed by atoms with van der Waals surface area (Å²) < 4.78 is 7.72. The number of rotatable bonds is 5. The van der Waals surface area contributed by atoms with Crippen molar-refractivity contribution < 1.29 is 9.53 Å². The van der Waals surface area contributed by atoms with Crippen molar-refractivity contribution in [3.05, 3.63) is 29.5 Å². The van der Waals surface area contributed by atoms with Gasteiger partial charge in [0.25, 0.3) is 0 Å². The van der Waals surface area contributed by atoms with Crippen molar-refractivity contribution >= 4 is 22.4 Å². The number of amides is 1. The maximum absolute atomic E-state index is 11.4. The molecule has 3 rings (SSSR count). The van der Waals surface area contributed by atoms with E-state index >= 15 is 0 Å². The van der Waals surface area contributed by atoms with E-state index in [0.717, 1.165) is 43.6 Å². The summed E-state index contributed by atoms with van der Waals surface area (Å²) in [6.07, 6.45) is 3.87. The molecule has 3 heterocycles. The van der Waals surface area contributed by atoms with E-state index in [4.69, 9.17) is 4.74 Å². The van der Waals surface area contributed by atoms with Gasteiger partial charge in [-0.25, -0.2) is 4.98 Å². The van der Waals surface area contributed by atoms with Crippen LogP contribution in [0.15, 0.2) is 23.8 Å². The highest BCUT2D eigenvalue weighted by Crippen LogP contribution is 2.21. The van der Waals surface area contributed by atoms with Crippen LogP contribution >= 0.6 is 11.3 Å². The van der Waals surface area contributed by atoms with Crippen LogP contribution in [0, 0.1) is 0 Å². The average molecular weight is 335 g/mol. The lowest BCUT2D eigenvalue weighted by Crippen LogP contribution is -2.43. The van der Waals surface area contributed by atoms with Crippen LogP contribution in [0.2, 0.25) is 0 Å². The van der Waals surface area contributed by atoms with E-state index in [1.54, 1.807) is 25.1 Å². The predicted octanol–water partition coefficient (Wildman–Crippen LogP) is 1.22. The highest BCUT2D eigenvalue weighted by atomic mass is 32.1. The van der Waals surface area contributed by atoms with Crippen molar-refractivity contribution in [1.82, 2.24) is 19.7 Å². The molecule has 0 N–H and O–H groups in total. The number of carbonyl (C=O) groups is 1. The van der Waals surface area contributed by atoms with E-state index in [9.17, 15) is 4.79 Å². The molecule has 1 aliphatic rings. The van der Waals surface area contributed by atoms with Crippen LogP contribution in [-0.2, 0) is 22.6 Å². The van der Waals surface area contributed by atoms with Gasteiger partial charge in [-0.3, -0.25) is 19.3 Å². The first-order valence-electron chi connectivity index (χ1n) is 7.62. The van der Waals surface area contributed by atoms with Crippen LogP contribution in [-0.4, -0.2) is 58.4 Å². The van der Waals surface area contributed by atoms with Crippen LogP contribution in [0.4, 0.5) is 5.13 Å². The van der Waals surface area contributed by atoms with Crippen LogP contribution in [0.3, 0.4) is 0 Å². The monoisotopic (exact) mass is 335 g/mol. The topological polar surface area (TPSA) is 63.5 Å². The second-order valence-electron chi connectivity index (χ2n) is 5.66. The zero-order valence-electron chi connectivity index (χ0n) is 13.4. The molecule has 0 bridgehead atoms. The molecule has 2 aromatic heterocycles. The van der Waals surface area contributed by atoms with Gasteiger partial charge in [-0.05, 0) is 6.07 Å². The number of anilines is 1. The van der Waals surface area contributed by atoms with E-state index in [-0.39, 0.29) is 12.0 Å². The molecule has 0 aliphatic carbocycles. The molecule has 1 aliphatic heterocycles. The van der Waals surface area contributed by atoms with Crippen LogP contribution in [0.5, 0.6) is 0 Å². The summed E-state index contributed by atoms with van der Waals surface area (Å²) in [6, 6.07) is 1.92. The minimum atomic E-state index is -0.00319. The molecule has 0 aromatic carbocycles. The molecule has 1 fully saturated rings. The summed E-state index contributed by atoms with van der Waals surface area (Å²) in [6.45, 7) is 5.56. The average Bonchev–Trinajstić information content (AvgIpc) is 3.18. The molecule has 1 atom stereocenters. The molecule has 7 nitrogen and oxygen atoms in total. The quantitative estimate of drug-likeness (QED) is 0.822. The van der Waals surface area contributed by atoms with Crippen molar-refractivity contribution in [1.29, 1.82) is 0 Å². The normalized spacial score (nSPS) is 19.0. The summed E-state index contributed by atoms with van der Waals surface area (Å²) in [5, 5.41) is 6.99. The zero-order chi connectivity index (χ0) is 16.2. The zero-order valence-corrected chi connectivity index (χ0v) is 14.2. The SMILES string of the molecule is CC(=O)N(C)c1nc(CN2CCO[C@H](Cn3cccn3)C2)cs1. The summed E-state index contributed by atoms with van der Waals surface area (Å²) in [5.74, 6) is -0.00319. The highest BCUT2D eigenvalue weighted by molar-refractivity contribution is 7.14. The molecular formula is C15H21N5O2S. The second kappa shape index (κ2) is 7.20. The first kappa shape index (κ1) is 16.1. The number of nitrogens with zero attached hydrogens (tertiary/aromatic N) is 5. The number of hydrogen-bond donors (Lipinski definition) is 0. The Morgan fingerprint density at radius 1 is 1.57 bits per heavy atom. The minimum Gasteiger partial charge on any atom is -0.374 e. The van der Waals surface area contributed by atoms with Crippen LogP contribution in [0.1, 0.15) is 12.6 Å². The second-order valence-corrected chi connectivity index (χ2v) is 6.49. The number of morpholine rings is 1. The van der Waals surface area contributed by atoms with E-state index in [2.05, 4.69) is 15.0 Å². The van der Waals surface area contributed by atoms with Gasteiger partial charge in [0.2, 0.25) is 5.91 Å². The van der Waals surface area contributed by atoms with Crippen molar-refractivity contribution in [2.75, 3.05) is 31.6 Å². The van der Waals surface area contributed by atoms with E-state index in [0.29, 0.717) is 0 Å². The molecule has 0 unspecified atom stereocenters. The highest BCUT2D eigenvalue weighted by Gasteiger charge is 2.22. The number of carbonyl (C=O) groups excluding carboxylic acids is 1. The van der Waals surface area contributed by atoms with Crippen molar-refractivity contribution in [3.8, 4) is 0 Å². The molecule has 0 spiro atoms.